The van der Waals surface area contributed by atoms with E-state index in [9.17, 15) is 13.6 Å². The van der Waals surface area contributed by atoms with Gasteiger partial charge in [-0.3, -0.25) is 0 Å². The quantitative estimate of drug-likeness (QED) is 0.119. The Morgan fingerprint density at radius 2 is 1.14 bits per heavy atom. The number of carbonyl (C=O) groups excluding carboxylic acids is 1. The lowest BCUT2D eigenvalue weighted by molar-refractivity contribution is 0.0728. The molecule has 0 fully saturated rings. The zero-order valence-corrected chi connectivity index (χ0v) is 21.3. The van der Waals surface area contributed by atoms with Gasteiger partial charge in [0.1, 0.15) is 11.5 Å². The highest BCUT2D eigenvalue weighted by Gasteiger charge is 2.21. The summed E-state index contributed by atoms with van der Waals surface area (Å²) < 4.78 is 45.2. The molecule has 0 radical (unpaired) electrons. The molecule has 0 unspecified atom stereocenters. The zero-order chi connectivity index (χ0) is 25.3. The number of esters is 1. The first-order valence-electron chi connectivity index (χ1n) is 13.1. The van der Waals surface area contributed by atoms with Gasteiger partial charge in [0.05, 0.1) is 18.8 Å². The summed E-state index contributed by atoms with van der Waals surface area (Å²) >= 11 is 0. The largest absolute Gasteiger partial charge is 0.494 e. The van der Waals surface area contributed by atoms with Crippen molar-refractivity contribution in [2.24, 2.45) is 0 Å². The van der Waals surface area contributed by atoms with E-state index in [2.05, 4.69) is 13.8 Å². The Morgan fingerprint density at radius 1 is 0.629 bits per heavy atom. The Kier molecular flexibility index (Phi) is 13.8. The highest BCUT2D eigenvalue weighted by atomic mass is 19.2. The van der Waals surface area contributed by atoms with E-state index in [0.717, 1.165) is 32.1 Å². The van der Waals surface area contributed by atoms with Crippen molar-refractivity contribution in [2.75, 3.05) is 13.2 Å². The number of unbranched alkanes of at least 4 members (excludes halogenated alkanes) is 10. The van der Waals surface area contributed by atoms with Crippen LogP contribution in [0.25, 0.3) is 0 Å². The standard InChI is InChI=1S/C29H40F2O4/c1-3-5-7-9-11-13-21-33-23-15-17-24(18-16-23)35-29(32)25-19-20-26(28(31)27(25)30)34-22-14-12-10-8-6-4-2/h15-20H,3-14,21-22H2,1-2H3. The highest BCUT2D eigenvalue weighted by Crippen LogP contribution is 2.25. The van der Waals surface area contributed by atoms with Crippen LogP contribution in [0, 0.1) is 11.6 Å². The third kappa shape index (κ3) is 10.7. The Bertz CT molecular complexity index is 868. The van der Waals surface area contributed by atoms with Crippen LogP contribution in [0.1, 0.15) is 101 Å². The average Bonchev–Trinajstić information content (AvgIpc) is 2.86. The van der Waals surface area contributed by atoms with Crippen LogP contribution in [0.4, 0.5) is 8.78 Å². The molecule has 194 valence electrons. The van der Waals surface area contributed by atoms with Gasteiger partial charge >= 0.3 is 5.97 Å². The second-order valence-corrected chi connectivity index (χ2v) is 8.83. The van der Waals surface area contributed by atoms with Gasteiger partial charge in [-0.15, -0.1) is 0 Å². The first-order valence-corrected chi connectivity index (χ1v) is 13.1. The van der Waals surface area contributed by atoms with Crippen molar-refractivity contribution in [3.63, 3.8) is 0 Å². The maximum Gasteiger partial charge on any atom is 0.346 e. The van der Waals surface area contributed by atoms with Crippen LogP contribution in [0.15, 0.2) is 36.4 Å². The summed E-state index contributed by atoms with van der Waals surface area (Å²) in [5, 5.41) is 0. The van der Waals surface area contributed by atoms with E-state index in [-0.39, 0.29) is 11.5 Å². The molecular formula is C29H40F2O4. The summed E-state index contributed by atoms with van der Waals surface area (Å²) in [5.74, 6) is -2.71. The zero-order valence-electron chi connectivity index (χ0n) is 21.3. The maximum atomic E-state index is 14.5. The minimum Gasteiger partial charge on any atom is -0.494 e. The molecular weight excluding hydrogens is 450 g/mol. The lowest BCUT2D eigenvalue weighted by Crippen LogP contribution is -2.12. The highest BCUT2D eigenvalue weighted by molar-refractivity contribution is 5.91. The maximum absolute atomic E-state index is 14.5. The average molecular weight is 491 g/mol. The molecule has 0 atom stereocenters. The summed E-state index contributed by atoms with van der Waals surface area (Å²) in [6.45, 7) is 5.29. The van der Waals surface area contributed by atoms with Crippen molar-refractivity contribution in [1.82, 2.24) is 0 Å². The first kappa shape index (κ1) is 28.6. The van der Waals surface area contributed by atoms with Crippen LogP contribution < -0.4 is 14.2 Å². The van der Waals surface area contributed by atoms with Crippen LogP contribution in [-0.2, 0) is 0 Å². The molecule has 0 aliphatic rings. The molecule has 0 spiro atoms. The third-order valence-electron chi connectivity index (χ3n) is 5.82. The van der Waals surface area contributed by atoms with Gasteiger partial charge in [-0.1, -0.05) is 78.1 Å². The molecule has 2 rings (SSSR count). The summed E-state index contributed by atoms with van der Waals surface area (Å²) in [7, 11) is 0. The van der Waals surface area contributed by atoms with Crippen molar-refractivity contribution < 1.29 is 27.8 Å². The van der Waals surface area contributed by atoms with Gasteiger partial charge in [-0.25, -0.2) is 9.18 Å². The molecule has 2 aromatic carbocycles. The monoisotopic (exact) mass is 490 g/mol. The van der Waals surface area contributed by atoms with Gasteiger partial charge in [0.25, 0.3) is 0 Å². The Labute approximate surface area is 209 Å². The molecule has 0 N–H and O–H groups in total. The van der Waals surface area contributed by atoms with E-state index in [4.69, 9.17) is 14.2 Å². The van der Waals surface area contributed by atoms with E-state index in [0.29, 0.717) is 19.0 Å². The molecule has 0 heterocycles. The number of benzene rings is 2. The predicted octanol–water partition coefficient (Wildman–Crippen LogP) is 8.66. The SMILES string of the molecule is CCCCCCCCOc1ccc(OC(=O)c2ccc(OCCCCCCCC)c(F)c2F)cc1. The van der Waals surface area contributed by atoms with Crippen LogP contribution in [0.3, 0.4) is 0 Å². The molecule has 0 aromatic heterocycles. The van der Waals surface area contributed by atoms with Gasteiger partial charge < -0.3 is 14.2 Å². The molecule has 0 aliphatic carbocycles. The lowest BCUT2D eigenvalue weighted by atomic mass is 10.1. The molecule has 2 aromatic rings. The second kappa shape index (κ2) is 16.9. The van der Waals surface area contributed by atoms with E-state index >= 15 is 0 Å². The Balaban J connectivity index is 1.78. The summed E-state index contributed by atoms with van der Waals surface area (Å²) in [6, 6.07) is 8.98. The van der Waals surface area contributed by atoms with Gasteiger partial charge in [0, 0.05) is 0 Å². The van der Waals surface area contributed by atoms with Gasteiger partial charge in [-0.2, -0.15) is 4.39 Å². The van der Waals surface area contributed by atoms with Gasteiger partial charge in [-0.05, 0) is 49.2 Å². The molecule has 0 bridgehead atoms. The number of carbonyl (C=O) groups is 1. The lowest BCUT2D eigenvalue weighted by Gasteiger charge is -2.11. The van der Waals surface area contributed by atoms with E-state index < -0.39 is 23.2 Å². The van der Waals surface area contributed by atoms with Crippen molar-refractivity contribution >= 4 is 5.97 Å². The number of hydrogen-bond acceptors (Lipinski definition) is 4. The van der Waals surface area contributed by atoms with E-state index in [1.807, 2.05) is 0 Å². The minimum atomic E-state index is -1.27. The summed E-state index contributed by atoms with van der Waals surface area (Å²) in [4.78, 5) is 12.4. The van der Waals surface area contributed by atoms with Crippen molar-refractivity contribution in [3.8, 4) is 17.2 Å². The molecule has 0 amide bonds. The fraction of sp³-hybridized carbons (Fsp3) is 0.552. The minimum absolute atomic E-state index is 0.195. The fourth-order valence-electron chi connectivity index (χ4n) is 3.70. The Hall–Kier alpha value is -2.63. The third-order valence-corrected chi connectivity index (χ3v) is 5.82. The van der Waals surface area contributed by atoms with Crippen LogP contribution >= 0.6 is 0 Å². The normalized spacial score (nSPS) is 10.9. The molecule has 6 heteroatoms. The van der Waals surface area contributed by atoms with Gasteiger partial charge in [0.2, 0.25) is 5.82 Å². The molecule has 0 saturated carbocycles. The smallest absolute Gasteiger partial charge is 0.346 e. The Morgan fingerprint density at radius 3 is 1.74 bits per heavy atom. The number of rotatable bonds is 18. The summed E-state index contributed by atoms with van der Waals surface area (Å²) in [6.07, 6.45) is 13.5. The van der Waals surface area contributed by atoms with Gasteiger partial charge in [0.15, 0.2) is 11.6 Å². The fourth-order valence-corrected chi connectivity index (χ4v) is 3.70. The van der Waals surface area contributed by atoms with E-state index in [1.165, 1.54) is 57.1 Å². The second-order valence-electron chi connectivity index (χ2n) is 8.83. The van der Waals surface area contributed by atoms with Crippen molar-refractivity contribution in [1.29, 1.82) is 0 Å². The molecule has 4 nitrogen and oxygen atoms in total. The number of halogens is 2. The molecule has 35 heavy (non-hydrogen) atoms. The van der Waals surface area contributed by atoms with Crippen molar-refractivity contribution in [3.05, 3.63) is 53.6 Å². The first-order chi connectivity index (χ1) is 17.1. The molecule has 0 aliphatic heterocycles. The number of ether oxygens (including phenoxy) is 3. The molecule has 0 saturated heterocycles. The number of hydrogen-bond donors (Lipinski definition) is 0. The predicted molar refractivity (Wildman–Crippen MR) is 136 cm³/mol. The van der Waals surface area contributed by atoms with Crippen molar-refractivity contribution in [2.45, 2.75) is 90.9 Å². The topological polar surface area (TPSA) is 44.8 Å². The van der Waals surface area contributed by atoms with E-state index in [1.54, 1.807) is 24.3 Å². The van der Waals surface area contributed by atoms with Crippen LogP contribution in [-0.4, -0.2) is 19.2 Å². The summed E-state index contributed by atoms with van der Waals surface area (Å²) in [5.41, 5.74) is -0.474. The van der Waals surface area contributed by atoms with Crippen LogP contribution in [0.2, 0.25) is 0 Å². The van der Waals surface area contributed by atoms with Crippen LogP contribution in [0.5, 0.6) is 17.2 Å².